The fraction of sp³-hybridized carbons (Fsp3) is 0.300. The molecular weight excluding hydrogens is 237 g/mol. The molecule has 0 heterocycles. The predicted octanol–water partition coefficient (Wildman–Crippen LogP) is 1.87. The number of benzene rings is 1. The largest absolute Gasteiger partial charge is 0.416 e. The minimum Gasteiger partial charge on any atom is -0.399 e. The monoisotopic (exact) mass is 248 g/mol. The van der Waals surface area contributed by atoms with Gasteiger partial charge < -0.3 is 15.8 Å². The molecule has 0 fully saturated rings. The quantitative estimate of drug-likeness (QED) is 0.802. The van der Waals surface area contributed by atoms with Gasteiger partial charge in [-0.3, -0.25) is 4.79 Å². The normalized spacial score (nSPS) is 11.3. The number of nitrogen functional groups attached to an aromatic ring is 1. The molecule has 94 valence electrons. The van der Waals surface area contributed by atoms with E-state index in [2.05, 4.69) is 10.1 Å². The first-order chi connectivity index (χ1) is 7.82. The second-order valence-corrected chi connectivity index (χ2v) is 3.32. The third kappa shape index (κ3) is 3.95. The number of nitrogens with one attached hydrogen (secondary N) is 1. The van der Waals surface area contributed by atoms with Crippen molar-refractivity contribution < 1.29 is 22.7 Å². The van der Waals surface area contributed by atoms with Crippen molar-refractivity contribution in [2.24, 2.45) is 0 Å². The number of hydrogen-bond acceptors (Lipinski definition) is 3. The van der Waals surface area contributed by atoms with Crippen LogP contribution in [0.25, 0.3) is 0 Å². The molecule has 3 N–H and O–H groups in total. The standard InChI is InChI=1S/C10H11F3N2O2/c1-17-5-9(16)15-8-3-6(10(11,12)13)2-7(14)4-8/h2-4H,5,14H2,1H3,(H,15,16). The van der Waals surface area contributed by atoms with Crippen molar-refractivity contribution in [3.05, 3.63) is 23.8 Å². The third-order valence-corrected chi connectivity index (χ3v) is 1.84. The molecule has 0 bridgehead atoms. The van der Waals surface area contributed by atoms with E-state index in [1.807, 2.05) is 0 Å². The van der Waals surface area contributed by atoms with Crippen LogP contribution in [0.5, 0.6) is 0 Å². The predicted molar refractivity (Wildman–Crippen MR) is 56.4 cm³/mol. The highest BCUT2D eigenvalue weighted by molar-refractivity contribution is 5.92. The Morgan fingerprint density at radius 2 is 2.06 bits per heavy atom. The van der Waals surface area contributed by atoms with Crippen molar-refractivity contribution in [3.63, 3.8) is 0 Å². The first-order valence-electron chi connectivity index (χ1n) is 4.59. The molecular formula is C10H11F3N2O2. The van der Waals surface area contributed by atoms with E-state index in [0.29, 0.717) is 0 Å². The van der Waals surface area contributed by atoms with Crippen LogP contribution in [0.2, 0.25) is 0 Å². The summed E-state index contributed by atoms with van der Waals surface area (Å²) < 4.78 is 41.9. The van der Waals surface area contributed by atoms with Gasteiger partial charge in [-0.05, 0) is 18.2 Å². The van der Waals surface area contributed by atoms with E-state index in [1.54, 1.807) is 0 Å². The molecule has 17 heavy (non-hydrogen) atoms. The lowest BCUT2D eigenvalue weighted by molar-refractivity contribution is -0.137. The van der Waals surface area contributed by atoms with Crippen LogP contribution in [-0.2, 0) is 15.7 Å². The fourth-order valence-electron chi connectivity index (χ4n) is 1.22. The summed E-state index contributed by atoms with van der Waals surface area (Å²) in [6.45, 7) is -0.240. The van der Waals surface area contributed by atoms with E-state index in [1.165, 1.54) is 13.2 Å². The number of hydrogen-bond donors (Lipinski definition) is 2. The van der Waals surface area contributed by atoms with Crippen LogP contribution >= 0.6 is 0 Å². The second-order valence-electron chi connectivity index (χ2n) is 3.32. The Morgan fingerprint density at radius 1 is 1.41 bits per heavy atom. The van der Waals surface area contributed by atoms with Gasteiger partial charge in [0.05, 0.1) is 5.56 Å². The zero-order valence-electron chi connectivity index (χ0n) is 8.97. The number of alkyl halides is 3. The van der Waals surface area contributed by atoms with Crippen LogP contribution in [0.3, 0.4) is 0 Å². The van der Waals surface area contributed by atoms with E-state index in [-0.39, 0.29) is 18.0 Å². The van der Waals surface area contributed by atoms with Gasteiger partial charge in [-0.1, -0.05) is 0 Å². The first kappa shape index (κ1) is 13.3. The molecule has 0 aromatic heterocycles. The van der Waals surface area contributed by atoms with Crippen molar-refractivity contribution in [1.29, 1.82) is 0 Å². The summed E-state index contributed by atoms with van der Waals surface area (Å²) in [5, 5.41) is 2.25. The molecule has 0 aliphatic heterocycles. The Kier molecular flexibility index (Phi) is 3.95. The van der Waals surface area contributed by atoms with Crippen LogP contribution < -0.4 is 11.1 Å². The van der Waals surface area contributed by atoms with Crippen molar-refractivity contribution in [2.45, 2.75) is 6.18 Å². The molecule has 0 saturated carbocycles. The molecule has 4 nitrogen and oxygen atoms in total. The summed E-state index contributed by atoms with van der Waals surface area (Å²) >= 11 is 0. The molecule has 1 amide bonds. The molecule has 0 aliphatic rings. The highest BCUT2D eigenvalue weighted by atomic mass is 19.4. The van der Waals surface area contributed by atoms with Crippen LogP contribution in [0.15, 0.2) is 18.2 Å². The van der Waals surface area contributed by atoms with Gasteiger partial charge in [0, 0.05) is 18.5 Å². The maximum atomic E-state index is 12.4. The van der Waals surface area contributed by atoms with Gasteiger partial charge in [-0.15, -0.1) is 0 Å². The van der Waals surface area contributed by atoms with Crippen molar-refractivity contribution >= 4 is 17.3 Å². The van der Waals surface area contributed by atoms with E-state index in [9.17, 15) is 18.0 Å². The van der Waals surface area contributed by atoms with E-state index < -0.39 is 17.6 Å². The Balaban J connectivity index is 2.94. The average molecular weight is 248 g/mol. The number of ether oxygens (including phenoxy) is 1. The smallest absolute Gasteiger partial charge is 0.399 e. The summed E-state index contributed by atoms with van der Waals surface area (Å²) in [5.41, 5.74) is 4.32. The Labute approximate surface area is 95.6 Å². The number of carbonyl (C=O) groups excluding carboxylic acids is 1. The molecule has 1 aromatic carbocycles. The summed E-state index contributed by atoms with van der Waals surface area (Å²) in [4.78, 5) is 11.1. The molecule has 0 atom stereocenters. The van der Waals surface area contributed by atoms with Gasteiger partial charge >= 0.3 is 6.18 Å². The topological polar surface area (TPSA) is 64.3 Å². The lowest BCUT2D eigenvalue weighted by Crippen LogP contribution is -2.18. The second kappa shape index (κ2) is 5.05. The molecule has 7 heteroatoms. The van der Waals surface area contributed by atoms with Crippen LogP contribution in [0.1, 0.15) is 5.56 Å². The van der Waals surface area contributed by atoms with Crippen LogP contribution in [-0.4, -0.2) is 19.6 Å². The van der Waals surface area contributed by atoms with Gasteiger partial charge in [0.15, 0.2) is 0 Å². The summed E-state index contributed by atoms with van der Waals surface area (Å²) in [7, 11) is 1.31. The minimum absolute atomic E-state index is 0.0145. The SMILES string of the molecule is COCC(=O)Nc1cc(N)cc(C(F)(F)F)c1. The van der Waals surface area contributed by atoms with Gasteiger partial charge in [-0.2, -0.15) is 13.2 Å². The van der Waals surface area contributed by atoms with Crippen molar-refractivity contribution in [2.75, 3.05) is 24.8 Å². The number of anilines is 2. The van der Waals surface area contributed by atoms with Crippen molar-refractivity contribution in [3.8, 4) is 0 Å². The fourth-order valence-corrected chi connectivity index (χ4v) is 1.22. The summed E-state index contributed by atoms with van der Waals surface area (Å²) in [5.74, 6) is -0.550. The molecule has 0 aliphatic carbocycles. The number of nitrogens with two attached hydrogens (primary N) is 1. The van der Waals surface area contributed by atoms with Crippen LogP contribution in [0.4, 0.5) is 24.5 Å². The Morgan fingerprint density at radius 3 is 2.59 bits per heavy atom. The third-order valence-electron chi connectivity index (χ3n) is 1.84. The number of halogens is 3. The van der Waals surface area contributed by atoms with Gasteiger partial charge in [0.25, 0.3) is 0 Å². The van der Waals surface area contributed by atoms with Gasteiger partial charge in [0.1, 0.15) is 6.61 Å². The molecule has 1 rings (SSSR count). The highest BCUT2D eigenvalue weighted by Crippen LogP contribution is 2.32. The van der Waals surface area contributed by atoms with E-state index >= 15 is 0 Å². The number of methoxy groups -OCH3 is 1. The molecule has 0 spiro atoms. The molecule has 0 unspecified atom stereocenters. The number of amides is 1. The number of carbonyl (C=O) groups is 1. The van der Waals surface area contributed by atoms with Crippen LogP contribution in [0, 0.1) is 0 Å². The zero-order chi connectivity index (χ0) is 13.1. The summed E-state index contributed by atoms with van der Waals surface area (Å²) in [6, 6.07) is 2.85. The maximum absolute atomic E-state index is 12.4. The molecule has 0 saturated heterocycles. The molecule has 0 radical (unpaired) electrons. The first-order valence-corrected chi connectivity index (χ1v) is 4.59. The van der Waals surface area contributed by atoms with Gasteiger partial charge in [0.2, 0.25) is 5.91 Å². The minimum atomic E-state index is -4.50. The van der Waals surface area contributed by atoms with E-state index in [0.717, 1.165) is 12.1 Å². The molecule has 1 aromatic rings. The Bertz CT molecular complexity index is 419. The lowest BCUT2D eigenvalue weighted by atomic mass is 10.1. The summed E-state index contributed by atoms with van der Waals surface area (Å²) in [6.07, 6.45) is -4.50. The van der Waals surface area contributed by atoms with Crippen molar-refractivity contribution in [1.82, 2.24) is 0 Å². The Hall–Kier alpha value is -1.76. The zero-order valence-corrected chi connectivity index (χ0v) is 8.97. The highest BCUT2D eigenvalue weighted by Gasteiger charge is 2.31. The number of rotatable bonds is 3. The lowest BCUT2D eigenvalue weighted by Gasteiger charge is -2.11. The van der Waals surface area contributed by atoms with E-state index in [4.69, 9.17) is 5.73 Å². The average Bonchev–Trinajstić information content (AvgIpc) is 2.15. The van der Waals surface area contributed by atoms with Gasteiger partial charge in [-0.25, -0.2) is 0 Å². The maximum Gasteiger partial charge on any atom is 0.416 e.